The van der Waals surface area contributed by atoms with Gasteiger partial charge in [-0.25, -0.2) is 18.2 Å². The van der Waals surface area contributed by atoms with E-state index >= 15 is 0 Å². The van der Waals surface area contributed by atoms with Crippen LogP contribution in [0.25, 0.3) is 11.3 Å². The summed E-state index contributed by atoms with van der Waals surface area (Å²) in [5.41, 5.74) is 4.60. The predicted octanol–water partition coefficient (Wildman–Crippen LogP) is 3.41. The third kappa shape index (κ3) is 4.84. The number of aliphatic hydroxyl groups is 2. The van der Waals surface area contributed by atoms with Crippen molar-refractivity contribution in [2.45, 2.75) is 49.9 Å². The van der Waals surface area contributed by atoms with Crippen LogP contribution in [0.4, 0.5) is 13.2 Å². The summed E-state index contributed by atoms with van der Waals surface area (Å²) < 4.78 is 49.6. The largest absolute Gasteiger partial charge is 0.391 e. The zero-order valence-corrected chi connectivity index (χ0v) is 20.7. The summed E-state index contributed by atoms with van der Waals surface area (Å²) in [6, 6.07) is 5.39. The predicted molar refractivity (Wildman–Crippen MR) is 132 cm³/mol. The van der Waals surface area contributed by atoms with Gasteiger partial charge >= 0.3 is 0 Å². The van der Waals surface area contributed by atoms with Gasteiger partial charge in [0.15, 0.2) is 5.78 Å². The molecule has 0 unspecified atom stereocenters. The summed E-state index contributed by atoms with van der Waals surface area (Å²) in [6.45, 7) is 1.71. The number of aliphatic hydroxyl groups excluding tert-OH is 1. The van der Waals surface area contributed by atoms with Crippen LogP contribution in [-0.4, -0.2) is 51.3 Å². The quantitative estimate of drug-likeness (QED) is 0.421. The Morgan fingerprint density at radius 2 is 1.84 bits per heavy atom. The van der Waals surface area contributed by atoms with Gasteiger partial charge < -0.3 is 20.7 Å². The third-order valence-electron chi connectivity index (χ3n) is 7.60. The van der Waals surface area contributed by atoms with Crippen LogP contribution < -0.4 is 5.73 Å². The van der Waals surface area contributed by atoms with E-state index in [-0.39, 0.29) is 42.7 Å². The summed E-state index contributed by atoms with van der Waals surface area (Å²) >= 11 is 0. The van der Waals surface area contributed by atoms with Gasteiger partial charge in [-0.2, -0.15) is 0 Å². The number of hydrogen-bond acceptors (Lipinski definition) is 7. The second kappa shape index (κ2) is 10.2. The van der Waals surface area contributed by atoms with Crippen LogP contribution in [0, 0.1) is 23.4 Å². The molecule has 2 aromatic heterocycles. The van der Waals surface area contributed by atoms with Gasteiger partial charge in [0.1, 0.15) is 34.4 Å². The number of ether oxygens (including phenoxy) is 1. The molecule has 0 spiro atoms. The van der Waals surface area contributed by atoms with Crippen molar-refractivity contribution in [1.82, 2.24) is 9.97 Å². The Balaban J connectivity index is 1.43. The molecule has 1 aliphatic carbocycles. The highest BCUT2D eigenvalue weighted by Crippen LogP contribution is 2.38. The lowest BCUT2D eigenvalue weighted by molar-refractivity contribution is -0.184. The molecule has 2 aliphatic rings. The van der Waals surface area contributed by atoms with E-state index in [0.29, 0.717) is 18.4 Å². The van der Waals surface area contributed by atoms with E-state index in [1.807, 2.05) is 13.0 Å². The van der Waals surface area contributed by atoms with Crippen LogP contribution in [0.1, 0.15) is 52.9 Å². The minimum atomic E-state index is -1.51. The second-order valence-electron chi connectivity index (χ2n) is 10.3. The zero-order valence-electron chi connectivity index (χ0n) is 20.7. The maximum absolute atomic E-state index is 15.0. The number of rotatable bonds is 6. The summed E-state index contributed by atoms with van der Waals surface area (Å²) in [4.78, 5) is 21.4. The number of halogens is 3. The molecule has 0 bridgehead atoms. The van der Waals surface area contributed by atoms with Crippen LogP contribution in [0.15, 0.2) is 42.7 Å². The van der Waals surface area contributed by atoms with Crippen LogP contribution in [0.3, 0.4) is 0 Å². The topological polar surface area (TPSA) is 119 Å². The molecule has 1 aromatic carbocycles. The Hall–Kier alpha value is -3.18. The Morgan fingerprint density at radius 1 is 1.13 bits per heavy atom. The van der Waals surface area contributed by atoms with Crippen molar-refractivity contribution in [3.05, 3.63) is 82.6 Å². The van der Waals surface area contributed by atoms with Crippen LogP contribution >= 0.6 is 0 Å². The smallest absolute Gasteiger partial charge is 0.185 e. The third-order valence-corrected chi connectivity index (χ3v) is 7.60. The molecule has 2 fully saturated rings. The molecule has 3 aromatic rings. The molecule has 38 heavy (non-hydrogen) atoms. The standard InChI is InChI=1S/C28H28F3N3O4/c1-14-6-15(7-22(32)27(14)36)18-4-5-33-11-16(18)8-24(35)23-3-2-19(29)26(34-23)25-20(30)9-17(10-21(25)31)28(37)12-38-13-28/h2-5,9-11,14-15,22,27,36-37H,6-8,12-13,32H2,1H3/t14-,15+,22+,27+/m0/s1. The number of benzene rings is 1. The van der Waals surface area contributed by atoms with E-state index in [9.17, 15) is 28.2 Å². The van der Waals surface area contributed by atoms with Crippen LogP contribution in [0.5, 0.6) is 0 Å². The molecule has 10 heteroatoms. The summed E-state index contributed by atoms with van der Waals surface area (Å²) in [7, 11) is 0. The number of pyridine rings is 2. The monoisotopic (exact) mass is 527 g/mol. The van der Waals surface area contributed by atoms with E-state index in [4.69, 9.17) is 10.5 Å². The van der Waals surface area contributed by atoms with Gasteiger partial charge in [-0.15, -0.1) is 0 Å². The van der Waals surface area contributed by atoms with Crippen LogP contribution in [-0.2, 0) is 16.8 Å². The van der Waals surface area contributed by atoms with Gasteiger partial charge in [0.2, 0.25) is 0 Å². The molecule has 3 heterocycles. The van der Waals surface area contributed by atoms with Gasteiger partial charge in [0.25, 0.3) is 0 Å². The highest BCUT2D eigenvalue weighted by molar-refractivity contribution is 5.96. The SMILES string of the molecule is C[C@H]1C[C@@H](c2ccncc2CC(=O)c2ccc(F)c(-c3c(F)cc(C4(O)COC4)cc3F)n2)C[C@@H](N)[C@@H]1O. The highest BCUT2D eigenvalue weighted by atomic mass is 19.1. The second-order valence-corrected chi connectivity index (χ2v) is 10.3. The van der Waals surface area contributed by atoms with Crippen molar-refractivity contribution in [3.63, 3.8) is 0 Å². The average Bonchev–Trinajstić information content (AvgIpc) is 2.86. The maximum atomic E-state index is 15.0. The van der Waals surface area contributed by atoms with E-state index < -0.39 is 52.2 Å². The van der Waals surface area contributed by atoms with E-state index in [2.05, 4.69) is 9.97 Å². The summed E-state index contributed by atoms with van der Waals surface area (Å²) in [6.07, 6.45) is 3.73. The van der Waals surface area contributed by atoms with Gasteiger partial charge in [0, 0.05) is 24.9 Å². The zero-order chi connectivity index (χ0) is 27.2. The molecule has 200 valence electrons. The fourth-order valence-corrected chi connectivity index (χ4v) is 5.38. The van der Waals surface area contributed by atoms with Gasteiger partial charge in [0.05, 0.1) is 24.9 Å². The van der Waals surface area contributed by atoms with Crippen molar-refractivity contribution >= 4 is 5.78 Å². The molecular weight excluding hydrogens is 499 g/mol. The summed E-state index contributed by atoms with van der Waals surface area (Å²) in [5, 5.41) is 20.6. The Morgan fingerprint density at radius 3 is 2.47 bits per heavy atom. The van der Waals surface area contributed by atoms with Crippen molar-refractivity contribution in [2.24, 2.45) is 11.7 Å². The molecule has 4 atom stereocenters. The lowest BCUT2D eigenvalue weighted by Gasteiger charge is -2.36. The summed E-state index contributed by atoms with van der Waals surface area (Å²) in [5.74, 6) is -3.71. The fourth-order valence-electron chi connectivity index (χ4n) is 5.38. The minimum Gasteiger partial charge on any atom is -0.391 e. The van der Waals surface area contributed by atoms with Crippen molar-refractivity contribution < 1.29 is 32.9 Å². The first-order valence-corrected chi connectivity index (χ1v) is 12.4. The molecule has 0 radical (unpaired) electrons. The lowest BCUT2D eigenvalue weighted by Crippen LogP contribution is -2.46. The highest BCUT2D eigenvalue weighted by Gasteiger charge is 2.39. The number of aromatic nitrogens is 2. The van der Waals surface area contributed by atoms with E-state index in [1.54, 1.807) is 12.4 Å². The first-order chi connectivity index (χ1) is 18.1. The lowest BCUT2D eigenvalue weighted by atomic mass is 9.74. The van der Waals surface area contributed by atoms with Crippen molar-refractivity contribution in [2.75, 3.05) is 13.2 Å². The number of nitrogens with zero attached hydrogens (tertiary/aromatic N) is 2. The fraction of sp³-hybridized carbons (Fsp3) is 0.393. The molecule has 1 saturated carbocycles. The average molecular weight is 528 g/mol. The number of hydrogen-bond donors (Lipinski definition) is 3. The van der Waals surface area contributed by atoms with E-state index in [0.717, 1.165) is 23.8 Å². The first kappa shape index (κ1) is 26.4. The minimum absolute atomic E-state index is 0.0172. The molecular formula is C28H28F3N3O4. The van der Waals surface area contributed by atoms with Crippen molar-refractivity contribution in [1.29, 1.82) is 0 Å². The Labute approximate surface area is 217 Å². The van der Waals surface area contributed by atoms with Gasteiger partial charge in [-0.05, 0) is 71.7 Å². The molecule has 5 rings (SSSR count). The van der Waals surface area contributed by atoms with Crippen LogP contribution in [0.2, 0.25) is 0 Å². The molecule has 4 N–H and O–H groups in total. The number of carbonyl (C=O) groups is 1. The molecule has 1 saturated heterocycles. The number of Topliss-reactive ketones (excluding diaryl/α,β-unsaturated/α-hetero) is 1. The van der Waals surface area contributed by atoms with E-state index in [1.165, 1.54) is 6.07 Å². The first-order valence-electron chi connectivity index (χ1n) is 12.4. The van der Waals surface area contributed by atoms with Gasteiger partial charge in [-0.1, -0.05) is 6.92 Å². The molecule has 1 aliphatic heterocycles. The molecule has 0 amide bonds. The number of carbonyl (C=O) groups excluding carboxylic acids is 1. The number of nitrogens with two attached hydrogens (primary N) is 1. The molecule has 7 nitrogen and oxygen atoms in total. The Kier molecular flexibility index (Phi) is 7.08. The Bertz CT molecular complexity index is 1350. The number of ketones is 1. The van der Waals surface area contributed by atoms with Crippen molar-refractivity contribution in [3.8, 4) is 11.3 Å². The maximum Gasteiger partial charge on any atom is 0.185 e. The van der Waals surface area contributed by atoms with Gasteiger partial charge in [-0.3, -0.25) is 9.78 Å². The normalized spacial score (nSPS) is 24.6.